The fourth-order valence-corrected chi connectivity index (χ4v) is 2.13. The Bertz CT molecular complexity index is 794. The largest absolute Gasteiger partial charge is 0.507 e. The first-order chi connectivity index (χ1) is 10.2. The zero-order valence-corrected chi connectivity index (χ0v) is 12.6. The molecule has 116 valence electrons. The van der Waals surface area contributed by atoms with Gasteiger partial charge in [0, 0.05) is 0 Å². The van der Waals surface area contributed by atoms with Crippen LogP contribution in [0, 0.1) is 13.8 Å². The summed E-state index contributed by atoms with van der Waals surface area (Å²) < 4.78 is 37.1. The molecule has 0 atom stereocenters. The highest BCUT2D eigenvalue weighted by Crippen LogP contribution is 2.28. The Labute approximate surface area is 127 Å². The lowest BCUT2D eigenvalue weighted by atomic mass is 10.1. The van der Waals surface area contributed by atoms with Crippen LogP contribution in [-0.2, 0) is 10.5 Å². The van der Waals surface area contributed by atoms with Gasteiger partial charge in [-0.1, -0.05) is 3.89 Å². The van der Waals surface area contributed by atoms with Gasteiger partial charge in [0.15, 0.2) is 0 Å². The molecule has 0 aliphatic heterocycles. The van der Waals surface area contributed by atoms with Crippen molar-refractivity contribution in [2.45, 2.75) is 13.8 Å². The van der Waals surface area contributed by atoms with Crippen LogP contribution in [0.3, 0.4) is 0 Å². The molecule has 0 amide bonds. The number of benzene rings is 2. The van der Waals surface area contributed by atoms with Gasteiger partial charge in [0.05, 0.1) is 11.4 Å². The minimum absolute atomic E-state index is 0.155. The first kappa shape index (κ1) is 15.9. The third kappa shape index (κ3) is 4.26. The summed E-state index contributed by atoms with van der Waals surface area (Å²) in [6, 6.07) is 8.75. The van der Waals surface area contributed by atoms with E-state index < -0.39 is 10.5 Å². The number of hydrogen-bond donors (Lipinski definition) is 1. The summed E-state index contributed by atoms with van der Waals surface area (Å²) in [6.07, 6.45) is 0. The highest BCUT2D eigenvalue weighted by molar-refractivity contribution is 7.81. The highest BCUT2D eigenvalue weighted by atomic mass is 32.3. The van der Waals surface area contributed by atoms with Gasteiger partial charge in [-0.3, -0.25) is 0 Å². The van der Waals surface area contributed by atoms with Crippen molar-refractivity contribution in [1.29, 1.82) is 0 Å². The van der Waals surface area contributed by atoms with E-state index in [1.807, 2.05) is 0 Å². The highest BCUT2D eigenvalue weighted by Gasteiger charge is 2.09. The Morgan fingerprint density at radius 2 is 1.50 bits per heavy atom. The normalized spacial score (nSPS) is 11.8. The quantitative estimate of drug-likeness (QED) is 0.679. The zero-order valence-electron chi connectivity index (χ0n) is 11.8. The van der Waals surface area contributed by atoms with Crippen LogP contribution in [0.1, 0.15) is 11.1 Å². The molecule has 0 bridgehead atoms. The molecule has 0 saturated heterocycles. The number of halogens is 1. The van der Waals surface area contributed by atoms with Crippen molar-refractivity contribution >= 4 is 21.9 Å². The molecule has 22 heavy (non-hydrogen) atoms. The lowest BCUT2D eigenvalue weighted by Gasteiger charge is -2.03. The second-order valence-electron chi connectivity index (χ2n) is 4.60. The molecular weight excluding hydrogens is 311 g/mol. The zero-order chi connectivity index (χ0) is 16.3. The maximum absolute atomic E-state index is 12.3. The van der Waals surface area contributed by atoms with Crippen molar-refractivity contribution < 1.29 is 21.6 Å². The molecule has 0 fully saturated rings. The van der Waals surface area contributed by atoms with Crippen molar-refractivity contribution in [2.75, 3.05) is 0 Å². The smallest absolute Gasteiger partial charge is 0.488 e. The second-order valence-corrected chi connectivity index (χ2v) is 5.55. The van der Waals surface area contributed by atoms with Gasteiger partial charge in [0.25, 0.3) is 0 Å². The second kappa shape index (κ2) is 6.10. The van der Waals surface area contributed by atoms with Crippen LogP contribution in [0.15, 0.2) is 46.6 Å². The van der Waals surface area contributed by atoms with Crippen molar-refractivity contribution in [1.82, 2.24) is 0 Å². The standard InChI is InChI=1S/C14H13FN2O4S/c1-9-7-12(8-10(2)14(9)18)17-16-11-3-5-13(6-4-11)21-22(15,19)20/h3-8,18H,1-2H3/b17-16+. The van der Waals surface area contributed by atoms with Gasteiger partial charge in [-0.2, -0.15) is 18.6 Å². The minimum atomic E-state index is -5.04. The van der Waals surface area contributed by atoms with Crippen LogP contribution in [0.25, 0.3) is 0 Å². The molecule has 6 nitrogen and oxygen atoms in total. The van der Waals surface area contributed by atoms with E-state index in [9.17, 15) is 17.4 Å². The lowest BCUT2D eigenvalue weighted by Crippen LogP contribution is -2.00. The SMILES string of the molecule is Cc1cc(/N=N/c2ccc(OS(=O)(=O)F)cc2)cc(C)c1O. The molecular formula is C14H13FN2O4S. The summed E-state index contributed by atoms with van der Waals surface area (Å²) in [7, 11) is -5.04. The summed E-state index contributed by atoms with van der Waals surface area (Å²) in [5.41, 5.74) is 2.38. The van der Waals surface area contributed by atoms with Gasteiger partial charge in [-0.15, -0.1) is 0 Å². The molecule has 0 aliphatic rings. The number of nitrogens with zero attached hydrogens (tertiary/aromatic N) is 2. The lowest BCUT2D eigenvalue weighted by molar-refractivity contribution is 0.440. The van der Waals surface area contributed by atoms with Crippen LogP contribution in [0.2, 0.25) is 0 Å². The molecule has 2 aromatic rings. The van der Waals surface area contributed by atoms with E-state index in [2.05, 4.69) is 14.4 Å². The number of rotatable bonds is 4. The fraction of sp³-hybridized carbons (Fsp3) is 0.143. The number of phenols is 1. The van der Waals surface area contributed by atoms with Crippen molar-refractivity contribution in [2.24, 2.45) is 10.2 Å². The van der Waals surface area contributed by atoms with Crippen LogP contribution >= 0.6 is 0 Å². The van der Waals surface area contributed by atoms with E-state index in [-0.39, 0.29) is 11.5 Å². The van der Waals surface area contributed by atoms with Crippen molar-refractivity contribution in [3.05, 3.63) is 47.5 Å². The summed E-state index contributed by atoms with van der Waals surface area (Å²) in [4.78, 5) is 0. The fourth-order valence-electron chi connectivity index (χ4n) is 1.79. The Morgan fingerprint density at radius 1 is 1.00 bits per heavy atom. The average Bonchev–Trinajstić information content (AvgIpc) is 2.42. The molecule has 0 radical (unpaired) electrons. The molecule has 0 spiro atoms. The Hall–Kier alpha value is -2.48. The summed E-state index contributed by atoms with van der Waals surface area (Å²) in [6.45, 7) is 3.51. The molecule has 0 aliphatic carbocycles. The number of aromatic hydroxyl groups is 1. The van der Waals surface area contributed by atoms with Gasteiger partial charge in [-0.25, -0.2) is 0 Å². The van der Waals surface area contributed by atoms with E-state index >= 15 is 0 Å². The number of phenolic OH excluding ortho intramolecular Hbond substituents is 1. The first-order valence-corrected chi connectivity index (χ1v) is 7.51. The number of aryl methyl sites for hydroxylation is 2. The van der Waals surface area contributed by atoms with Gasteiger partial charge in [0.1, 0.15) is 11.5 Å². The molecule has 0 heterocycles. The molecule has 1 N–H and O–H groups in total. The van der Waals surface area contributed by atoms with Gasteiger partial charge >= 0.3 is 10.5 Å². The third-order valence-electron chi connectivity index (χ3n) is 2.79. The first-order valence-electron chi connectivity index (χ1n) is 6.21. The Balaban J connectivity index is 2.17. The minimum Gasteiger partial charge on any atom is -0.507 e. The Morgan fingerprint density at radius 3 is 2.00 bits per heavy atom. The van der Waals surface area contributed by atoms with Crippen molar-refractivity contribution in [3.63, 3.8) is 0 Å². The number of hydrogen-bond acceptors (Lipinski definition) is 6. The van der Waals surface area contributed by atoms with Crippen LogP contribution in [0.5, 0.6) is 11.5 Å². The predicted octanol–water partition coefficient (Wildman–Crippen LogP) is 4.02. The van der Waals surface area contributed by atoms with Crippen LogP contribution in [-0.4, -0.2) is 13.5 Å². The predicted molar refractivity (Wildman–Crippen MR) is 78.9 cm³/mol. The van der Waals surface area contributed by atoms with E-state index in [0.717, 1.165) is 0 Å². The van der Waals surface area contributed by atoms with Gasteiger partial charge in [-0.05, 0) is 61.4 Å². The van der Waals surface area contributed by atoms with E-state index in [1.165, 1.54) is 24.3 Å². The van der Waals surface area contributed by atoms with E-state index in [0.29, 0.717) is 22.5 Å². The summed E-state index contributed by atoms with van der Waals surface area (Å²) >= 11 is 0. The van der Waals surface area contributed by atoms with E-state index in [1.54, 1.807) is 26.0 Å². The molecule has 0 unspecified atom stereocenters. The molecule has 8 heteroatoms. The van der Waals surface area contributed by atoms with Gasteiger partial charge in [0.2, 0.25) is 0 Å². The molecule has 2 rings (SSSR count). The van der Waals surface area contributed by atoms with Crippen LogP contribution < -0.4 is 4.18 Å². The maximum Gasteiger partial charge on any atom is 0.488 e. The monoisotopic (exact) mass is 324 g/mol. The maximum atomic E-state index is 12.3. The topological polar surface area (TPSA) is 88.3 Å². The number of azo groups is 1. The molecule has 0 aromatic heterocycles. The summed E-state index contributed by atoms with van der Waals surface area (Å²) in [5, 5.41) is 17.7. The average molecular weight is 324 g/mol. The third-order valence-corrected chi connectivity index (χ3v) is 3.18. The van der Waals surface area contributed by atoms with E-state index in [4.69, 9.17) is 0 Å². The van der Waals surface area contributed by atoms with Crippen LogP contribution in [0.4, 0.5) is 15.3 Å². The summed E-state index contributed by atoms with van der Waals surface area (Å²) in [5.74, 6) is 0.0608. The Kier molecular flexibility index (Phi) is 4.41. The van der Waals surface area contributed by atoms with Crippen molar-refractivity contribution in [3.8, 4) is 11.5 Å². The van der Waals surface area contributed by atoms with Gasteiger partial charge < -0.3 is 9.29 Å². The molecule has 0 saturated carbocycles. The molecule has 2 aromatic carbocycles.